The van der Waals surface area contributed by atoms with Crippen LogP contribution in [-0.2, 0) is 4.74 Å². The third-order valence-electron chi connectivity index (χ3n) is 4.17. The summed E-state index contributed by atoms with van der Waals surface area (Å²) in [7, 11) is 0. The van der Waals surface area contributed by atoms with Crippen LogP contribution < -0.4 is 0 Å². The number of ether oxygens (including phenoxy) is 1. The predicted octanol–water partition coefficient (Wildman–Crippen LogP) is 4.33. The largest absolute Gasteiger partial charge is 0.374 e. The van der Waals surface area contributed by atoms with E-state index in [-0.39, 0.29) is 5.60 Å². The van der Waals surface area contributed by atoms with Gasteiger partial charge >= 0.3 is 0 Å². The van der Waals surface area contributed by atoms with Crippen LogP contribution in [0.3, 0.4) is 0 Å². The molecule has 0 atom stereocenters. The van der Waals surface area contributed by atoms with Crippen LogP contribution in [-0.4, -0.2) is 16.6 Å². The van der Waals surface area contributed by atoms with Gasteiger partial charge in [0, 0.05) is 11.0 Å². The Morgan fingerprint density at radius 2 is 1.80 bits per heavy atom. The molecule has 2 aliphatic rings. The molecule has 2 heteroatoms. The summed E-state index contributed by atoms with van der Waals surface area (Å²) in [6.45, 7) is 1.02. The van der Waals surface area contributed by atoms with Crippen molar-refractivity contribution >= 4 is 22.6 Å². The van der Waals surface area contributed by atoms with Gasteiger partial charge in [-0.3, -0.25) is 0 Å². The highest BCUT2D eigenvalue weighted by molar-refractivity contribution is 14.1. The summed E-state index contributed by atoms with van der Waals surface area (Å²) < 4.78 is 7.41. The zero-order valence-corrected chi connectivity index (χ0v) is 11.8. The summed E-state index contributed by atoms with van der Waals surface area (Å²) in [4.78, 5) is 0. The third-order valence-corrected chi connectivity index (χ3v) is 5.56. The smallest absolute Gasteiger partial charge is 0.0771 e. The van der Waals surface area contributed by atoms with Crippen LogP contribution in [0.4, 0.5) is 0 Å². The molecule has 0 heterocycles. The Kier molecular flexibility index (Phi) is 4.74. The van der Waals surface area contributed by atoms with Crippen molar-refractivity contribution < 1.29 is 4.74 Å². The molecule has 0 amide bonds. The van der Waals surface area contributed by atoms with Crippen LogP contribution in [0.5, 0.6) is 0 Å². The Morgan fingerprint density at radius 3 is 2.33 bits per heavy atom. The lowest BCUT2D eigenvalue weighted by Gasteiger charge is -2.37. The highest BCUT2D eigenvalue weighted by atomic mass is 127. The number of alkyl halides is 1. The molecule has 0 aromatic carbocycles. The first-order chi connectivity index (χ1) is 7.35. The van der Waals surface area contributed by atoms with Crippen LogP contribution >= 0.6 is 22.6 Å². The highest BCUT2D eigenvalue weighted by Crippen LogP contribution is 2.35. The molecule has 0 saturated heterocycles. The molecule has 1 nitrogen and oxygen atoms in total. The Hall–Kier alpha value is 0.690. The molecule has 2 fully saturated rings. The summed E-state index contributed by atoms with van der Waals surface area (Å²) in [5, 5.41) is 0. The summed E-state index contributed by atoms with van der Waals surface area (Å²) in [6, 6.07) is 0. The number of halogens is 1. The van der Waals surface area contributed by atoms with Gasteiger partial charge in [-0.15, -0.1) is 0 Å². The van der Waals surface area contributed by atoms with Gasteiger partial charge in [0.15, 0.2) is 0 Å². The van der Waals surface area contributed by atoms with Crippen LogP contribution in [0.15, 0.2) is 0 Å². The molecule has 0 aromatic rings. The third kappa shape index (κ3) is 3.32. The van der Waals surface area contributed by atoms with Crippen molar-refractivity contribution in [1.29, 1.82) is 0 Å². The van der Waals surface area contributed by atoms with E-state index < -0.39 is 0 Å². The van der Waals surface area contributed by atoms with Gasteiger partial charge in [-0.1, -0.05) is 61.1 Å². The number of rotatable bonds is 5. The molecule has 2 rings (SSSR count). The molecule has 0 radical (unpaired) electrons. The Balaban J connectivity index is 1.69. The molecule has 2 saturated carbocycles. The van der Waals surface area contributed by atoms with Crippen molar-refractivity contribution in [3.05, 3.63) is 0 Å². The first kappa shape index (κ1) is 12.2. The topological polar surface area (TPSA) is 9.23 Å². The van der Waals surface area contributed by atoms with Crippen molar-refractivity contribution in [2.75, 3.05) is 11.0 Å². The van der Waals surface area contributed by atoms with Crippen LogP contribution in [0.2, 0.25) is 0 Å². The fourth-order valence-corrected chi connectivity index (χ4v) is 3.72. The summed E-state index contributed by atoms with van der Waals surface area (Å²) in [6.07, 6.45) is 12.5. The second kappa shape index (κ2) is 5.85. The maximum atomic E-state index is 6.22. The Morgan fingerprint density at radius 1 is 1.07 bits per heavy atom. The fourth-order valence-electron chi connectivity index (χ4n) is 2.74. The monoisotopic (exact) mass is 322 g/mol. The average Bonchev–Trinajstić information content (AvgIpc) is 2.23. The zero-order chi connectivity index (χ0) is 10.6. The lowest BCUT2D eigenvalue weighted by atomic mass is 9.83. The van der Waals surface area contributed by atoms with E-state index in [1.54, 1.807) is 0 Å². The van der Waals surface area contributed by atoms with Crippen LogP contribution in [0, 0.1) is 5.92 Å². The highest BCUT2D eigenvalue weighted by Gasteiger charge is 2.32. The molecule has 0 bridgehead atoms. The Labute approximate surface area is 107 Å². The molecule has 0 spiro atoms. The zero-order valence-electron chi connectivity index (χ0n) is 9.64. The maximum absolute atomic E-state index is 6.22. The van der Waals surface area contributed by atoms with Crippen LogP contribution in [0.25, 0.3) is 0 Å². The SMILES string of the molecule is ICC1(OCCC2CCC2)CCCCC1. The molecule has 15 heavy (non-hydrogen) atoms. The molecule has 0 N–H and O–H groups in total. The van der Waals surface area contributed by atoms with E-state index in [2.05, 4.69) is 22.6 Å². The minimum Gasteiger partial charge on any atom is -0.374 e. The molecular formula is C13H23IO. The summed E-state index contributed by atoms with van der Waals surface area (Å²) >= 11 is 2.51. The van der Waals surface area contributed by atoms with Gasteiger partial charge in [-0.2, -0.15) is 0 Å². The molecule has 0 aromatic heterocycles. The van der Waals surface area contributed by atoms with Gasteiger partial charge < -0.3 is 4.74 Å². The van der Waals surface area contributed by atoms with Gasteiger partial charge in [0.05, 0.1) is 5.60 Å². The second-order valence-electron chi connectivity index (χ2n) is 5.31. The van der Waals surface area contributed by atoms with Crippen molar-refractivity contribution in [2.24, 2.45) is 5.92 Å². The average molecular weight is 322 g/mol. The first-order valence-corrected chi connectivity index (χ1v) is 8.07. The van der Waals surface area contributed by atoms with Crippen molar-refractivity contribution in [1.82, 2.24) is 0 Å². The number of hydrogen-bond donors (Lipinski definition) is 0. The minimum atomic E-state index is 0.266. The van der Waals surface area contributed by atoms with Gasteiger partial charge in [0.25, 0.3) is 0 Å². The lowest BCUT2D eigenvalue weighted by Crippen LogP contribution is -2.37. The van der Waals surface area contributed by atoms with E-state index in [0.29, 0.717) is 0 Å². The molecule has 2 aliphatic carbocycles. The van der Waals surface area contributed by atoms with E-state index in [9.17, 15) is 0 Å². The fraction of sp³-hybridized carbons (Fsp3) is 1.00. The molecule has 0 aliphatic heterocycles. The van der Waals surface area contributed by atoms with E-state index in [1.807, 2.05) is 0 Å². The van der Waals surface area contributed by atoms with Crippen LogP contribution in [0.1, 0.15) is 57.8 Å². The number of hydrogen-bond acceptors (Lipinski definition) is 1. The van der Waals surface area contributed by atoms with Gasteiger partial charge in [0.1, 0.15) is 0 Å². The van der Waals surface area contributed by atoms with Gasteiger partial charge in [-0.25, -0.2) is 0 Å². The first-order valence-electron chi connectivity index (χ1n) is 6.55. The standard InChI is InChI=1S/C13H23IO/c14-11-13(8-2-1-3-9-13)15-10-7-12-5-4-6-12/h12H,1-11H2. The van der Waals surface area contributed by atoms with E-state index in [0.717, 1.165) is 12.5 Å². The lowest BCUT2D eigenvalue weighted by molar-refractivity contribution is -0.0572. The maximum Gasteiger partial charge on any atom is 0.0771 e. The summed E-state index contributed by atoms with van der Waals surface area (Å²) in [5.74, 6) is 1.000. The van der Waals surface area contributed by atoms with E-state index in [1.165, 1.54) is 62.2 Å². The minimum absolute atomic E-state index is 0.266. The molecule has 88 valence electrons. The normalized spacial score (nSPS) is 26.2. The van der Waals surface area contributed by atoms with Crippen molar-refractivity contribution in [2.45, 2.75) is 63.4 Å². The summed E-state index contributed by atoms with van der Waals surface area (Å²) in [5.41, 5.74) is 0.266. The predicted molar refractivity (Wildman–Crippen MR) is 72.6 cm³/mol. The quantitative estimate of drug-likeness (QED) is 0.541. The van der Waals surface area contributed by atoms with E-state index in [4.69, 9.17) is 4.74 Å². The second-order valence-corrected chi connectivity index (χ2v) is 6.07. The van der Waals surface area contributed by atoms with E-state index >= 15 is 0 Å². The van der Waals surface area contributed by atoms with Gasteiger partial charge in [0.2, 0.25) is 0 Å². The molecule has 0 unspecified atom stereocenters. The molecular weight excluding hydrogens is 299 g/mol. The van der Waals surface area contributed by atoms with Crippen molar-refractivity contribution in [3.63, 3.8) is 0 Å². The van der Waals surface area contributed by atoms with Gasteiger partial charge in [-0.05, 0) is 25.2 Å². The van der Waals surface area contributed by atoms with Crippen molar-refractivity contribution in [3.8, 4) is 0 Å². The Bertz CT molecular complexity index is 183.